The van der Waals surface area contributed by atoms with E-state index in [1.807, 2.05) is 41.8 Å². The van der Waals surface area contributed by atoms with Crippen molar-refractivity contribution in [3.05, 3.63) is 81.1 Å². The molecule has 3 heterocycles. The third-order valence-corrected chi connectivity index (χ3v) is 5.29. The van der Waals surface area contributed by atoms with Gasteiger partial charge in [-0.3, -0.25) is 14.6 Å². The number of rotatable bonds is 5. The summed E-state index contributed by atoms with van der Waals surface area (Å²) in [6.45, 7) is -0.203. The summed E-state index contributed by atoms with van der Waals surface area (Å²) in [5, 5.41) is 9.31. The molecule has 0 saturated carbocycles. The van der Waals surface area contributed by atoms with Crippen LogP contribution in [0.1, 0.15) is 0 Å². The Kier molecular flexibility index (Phi) is 5.59. The molecule has 4 aromatic rings. The number of nitrogens with one attached hydrogen (secondary N) is 1. The summed E-state index contributed by atoms with van der Waals surface area (Å²) >= 11 is 4.69. The molecule has 1 amide bonds. The van der Waals surface area contributed by atoms with E-state index in [1.54, 1.807) is 18.5 Å². The van der Waals surface area contributed by atoms with Crippen LogP contribution in [-0.4, -0.2) is 25.7 Å². The van der Waals surface area contributed by atoms with Gasteiger partial charge in [-0.1, -0.05) is 28.1 Å². The summed E-state index contributed by atoms with van der Waals surface area (Å²) in [5.74, 6) is -0.375. The lowest BCUT2D eigenvalue weighted by Crippen LogP contribution is -2.29. The fourth-order valence-electron chi connectivity index (χ4n) is 2.61. The maximum absolute atomic E-state index is 12.4. The number of aromatic nitrogens is 4. The van der Waals surface area contributed by atoms with Gasteiger partial charge in [0.1, 0.15) is 6.54 Å². The quantitative estimate of drug-likeness (QED) is 0.481. The van der Waals surface area contributed by atoms with Crippen molar-refractivity contribution in [3.63, 3.8) is 0 Å². The highest BCUT2D eigenvalue weighted by molar-refractivity contribution is 9.10. The first-order valence-corrected chi connectivity index (χ1v) is 10.3. The predicted molar refractivity (Wildman–Crippen MR) is 116 cm³/mol. The molecule has 0 bridgehead atoms. The second kappa shape index (κ2) is 8.46. The van der Waals surface area contributed by atoms with Crippen LogP contribution in [0, 0.1) is 0 Å². The predicted octanol–water partition coefficient (Wildman–Crippen LogP) is 3.83. The van der Waals surface area contributed by atoms with Crippen molar-refractivity contribution in [2.45, 2.75) is 6.54 Å². The summed E-state index contributed by atoms with van der Waals surface area (Å²) in [5.41, 5.74) is 2.70. The number of anilines is 1. The van der Waals surface area contributed by atoms with Crippen molar-refractivity contribution in [1.29, 1.82) is 0 Å². The van der Waals surface area contributed by atoms with E-state index in [2.05, 4.69) is 36.3 Å². The molecule has 0 aliphatic carbocycles. The smallest absolute Gasteiger partial charge is 0.267 e. The fourth-order valence-corrected chi connectivity index (χ4v) is 3.61. The molecule has 0 saturated heterocycles. The number of thiazole rings is 1. The minimum atomic E-state index is -0.375. The molecule has 0 aliphatic rings. The highest BCUT2D eigenvalue weighted by Crippen LogP contribution is 2.24. The van der Waals surface area contributed by atoms with Crippen LogP contribution < -0.4 is 10.9 Å². The minimum absolute atomic E-state index is 0.203. The van der Waals surface area contributed by atoms with Crippen LogP contribution in [0.3, 0.4) is 0 Å². The summed E-state index contributed by atoms with van der Waals surface area (Å²) in [7, 11) is 0. The van der Waals surface area contributed by atoms with E-state index >= 15 is 0 Å². The molecule has 0 spiro atoms. The molecule has 9 heteroatoms. The van der Waals surface area contributed by atoms with Crippen molar-refractivity contribution in [2.24, 2.45) is 0 Å². The van der Waals surface area contributed by atoms with Crippen LogP contribution in [0.4, 0.5) is 5.13 Å². The van der Waals surface area contributed by atoms with Crippen molar-refractivity contribution >= 4 is 38.3 Å². The molecule has 1 aromatic carbocycles. The minimum Gasteiger partial charge on any atom is -0.300 e. The zero-order chi connectivity index (χ0) is 20.2. The molecular formula is C20H14BrN5O2S. The Labute approximate surface area is 178 Å². The Balaban J connectivity index is 1.49. The third kappa shape index (κ3) is 4.64. The number of hydrogen-bond acceptors (Lipinski definition) is 6. The van der Waals surface area contributed by atoms with Crippen LogP contribution in [0.5, 0.6) is 0 Å². The lowest BCUT2D eigenvalue weighted by Gasteiger charge is -2.07. The molecule has 7 nitrogen and oxygen atoms in total. The van der Waals surface area contributed by atoms with E-state index in [4.69, 9.17) is 0 Å². The Morgan fingerprint density at radius 2 is 1.90 bits per heavy atom. The molecule has 29 heavy (non-hydrogen) atoms. The van der Waals surface area contributed by atoms with Crippen molar-refractivity contribution in [2.75, 3.05) is 5.32 Å². The van der Waals surface area contributed by atoms with Crippen LogP contribution >= 0.6 is 27.3 Å². The van der Waals surface area contributed by atoms with E-state index in [1.165, 1.54) is 17.4 Å². The maximum atomic E-state index is 12.4. The van der Waals surface area contributed by atoms with Crippen molar-refractivity contribution in [3.8, 4) is 22.5 Å². The van der Waals surface area contributed by atoms with Crippen LogP contribution in [-0.2, 0) is 11.3 Å². The Hall–Kier alpha value is -3.17. The molecule has 0 fully saturated rings. The van der Waals surface area contributed by atoms with Gasteiger partial charge in [-0.15, -0.1) is 11.3 Å². The Morgan fingerprint density at radius 1 is 1.07 bits per heavy atom. The Bertz CT molecular complexity index is 1210. The number of carbonyl (C=O) groups is 1. The number of carbonyl (C=O) groups excluding carboxylic acids is 1. The van der Waals surface area contributed by atoms with E-state index in [9.17, 15) is 9.59 Å². The highest BCUT2D eigenvalue weighted by atomic mass is 79.9. The van der Waals surface area contributed by atoms with Gasteiger partial charge in [-0.25, -0.2) is 9.67 Å². The topological polar surface area (TPSA) is 89.8 Å². The largest absolute Gasteiger partial charge is 0.300 e. The van der Waals surface area contributed by atoms with Crippen LogP contribution in [0.2, 0.25) is 0 Å². The number of hydrogen-bond donors (Lipinski definition) is 1. The van der Waals surface area contributed by atoms with Gasteiger partial charge in [0.25, 0.3) is 5.56 Å². The van der Waals surface area contributed by atoms with Gasteiger partial charge in [0.05, 0.1) is 11.4 Å². The van der Waals surface area contributed by atoms with Gasteiger partial charge >= 0.3 is 0 Å². The highest BCUT2D eigenvalue weighted by Gasteiger charge is 2.11. The van der Waals surface area contributed by atoms with E-state index in [0.29, 0.717) is 10.8 Å². The zero-order valence-corrected chi connectivity index (χ0v) is 17.4. The molecule has 0 aliphatic heterocycles. The fraction of sp³-hybridized carbons (Fsp3) is 0.0500. The monoisotopic (exact) mass is 467 g/mol. The lowest BCUT2D eigenvalue weighted by atomic mass is 10.1. The van der Waals surface area contributed by atoms with Crippen LogP contribution in [0.15, 0.2) is 75.6 Å². The van der Waals surface area contributed by atoms with Crippen molar-refractivity contribution < 1.29 is 4.79 Å². The zero-order valence-electron chi connectivity index (χ0n) is 14.9. The molecular weight excluding hydrogens is 454 g/mol. The molecule has 0 radical (unpaired) electrons. The molecule has 0 unspecified atom stereocenters. The van der Waals surface area contributed by atoms with Crippen LogP contribution in [0.25, 0.3) is 22.5 Å². The average Bonchev–Trinajstić information content (AvgIpc) is 3.19. The molecule has 0 atom stereocenters. The van der Waals surface area contributed by atoms with Gasteiger partial charge in [-0.05, 0) is 30.3 Å². The van der Waals surface area contributed by atoms with Gasteiger partial charge in [0, 0.05) is 39.4 Å². The second-order valence-electron chi connectivity index (χ2n) is 6.05. The second-order valence-corrected chi connectivity index (χ2v) is 7.82. The van der Waals surface area contributed by atoms with E-state index in [0.717, 1.165) is 26.0 Å². The third-order valence-electron chi connectivity index (χ3n) is 4.01. The summed E-state index contributed by atoms with van der Waals surface area (Å²) in [4.78, 5) is 33.0. The van der Waals surface area contributed by atoms with E-state index < -0.39 is 0 Å². The maximum Gasteiger partial charge on any atom is 0.267 e. The molecule has 1 N–H and O–H groups in total. The van der Waals surface area contributed by atoms with Gasteiger partial charge in [0.2, 0.25) is 5.91 Å². The summed E-state index contributed by atoms with van der Waals surface area (Å²) in [6, 6.07) is 14.3. The first-order chi connectivity index (χ1) is 14.1. The number of halogens is 1. The first-order valence-electron chi connectivity index (χ1n) is 8.58. The number of pyridine rings is 1. The average molecular weight is 468 g/mol. The van der Waals surface area contributed by atoms with Crippen molar-refractivity contribution in [1.82, 2.24) is 19.7 Å². The lowest BCUT2D eigenvalue weighted by molar-refractivity contribution is -0.117. The molecule has 3 aromatic heterocycles. The first kappa shape index (κ1) is 19.2. The number of benzene rings is 1. The SMILES string of the molecule is O=C(Cn1nc(-c2ccc(Br)cc2)ccc1=O)Nc1nc(-c2cccnc2)cs1. The summed E-state index contributed by atoms with van der Waals surface area (Å²) < 4.78 is 2.09. The molecule has 144 valence electrons. The van der Waals surface area contributed by atoms with Gasteiger partial charge in [-0.2, -0.15) is 5.10 Å². The van der Waals surface area contributed by atoms with E-state index in [-0.39, 0.29) is 18.0 Å². The van der Waals surface area contributed by atoms with Gasteiger partial charge in [0.15, 0.2) is 5.13 Å². The standard InChI is InChI=1S/C20H14BrN5O2S/c21-15-5-3-13(4-6-15)16-7-8-19(28)26(25-16)11-18(27)24-20-23-17(12-29-20)14-2-1-9-22-10-14/h1-10,12H,11H2,(H,23,24,27). The number of amides is 1. The van der Waals surface area contributed by atoms with Gasteiger partial charge < -0.3 is 5.32 Å². The normalized spacial score (nSPS) is 10.7. The number of nitrogens with zero attached hydrogens (tertiary/aromatic N) is 4. The molecule has 4 rings (SSSR count). The summed E-state index contributed by atoms with van der Waals surface area (Å²) in [6.07, 6.45) is 3.39. The Morgan fingerprint density at radius 3 is 2.66 bits per heavy atom.